The van der Waals surface area contributed by atoms with Gasteiger partial charge in [-0.25, -0.2) is 0 Å². The van der Waals surface area contributed by atoms with E-state index >= 15 is 0 Å². The summed E-state index contributed by atoms with van der Waals surface area (Å²) in [6, 6.07) is 1.22. The third-order valence-corrected chi connectivity index (χ3v) is 4.71. The van der Waals surface area contributed by atoms with Crippen LogP contribution < -0.4 is 4.74 Å². The molecule has 1 aromatic carbocycles. The van der Waals surface area contributed by atoms with Crippen LogP contribution in [-0.2, 0) is 0 Å². The van der Waals surface area contributed by atoms with Crippen molar-refractivity contribution in [2.24, 2.45) is 5.92 Å². The average molecular weight is 344 g/mol. The molecular formula is C21H28O4. The molecule has 0 unspecified atom stereocenters. The molecule has 2 N–H and O–H groups in total. The topological polar surface area (TPSA) is 66.8 Å². The number of benzene rings is 1. The molecule has 2 atom stereocenters. The molecule has 0 saturated carbocycles. The molecule has 1 aliphatic rings. The monoisotopic (exact) mass is 344 g/mol. The fraction of sp³-hybridized carbons (Fsp3) is 0.476. The molecule has 2 rings (SSSR count). The van der Waals surface area contributed by atoms with Crippen LogP contribution in [0, 0.1) is 5.92 Å². The lowest BCUT2D eigenvalue weighted by atomic mass is 9.89. The number of ether oxygens (including phenoxy) is 1. The second-order valence-corrected chi connectivity index (χ2v) is 7.27. The van der Waals surface area contributed by atoms with E-state index in [1.807, 2.05) is 40.7 Å². The summed E-state index contributed by atoms with van der Waals surface area (Å²) in [4.78, 5) is 12.7. The first-order valence-electron chi connectivity index (χ1n) is 8.83. The zero-order valence-electron chi connectivity index (χ0n) is 15.7. The molecule has 0 aliphatic carbocycles. The molecule has 0 fully saturated rings. The predicted molar refractivity (Wildman–Crippen MR) is 100 cm³/mol. The van der Waals surface area contributed by atoms with Gasteiger partial charge in [0.2, 0.25) is 0 Å². The number of hydrogen-bond donors (Lipinski definition) is 2. The molecule has 1 heterocycles. The molecule has 0 bridgehead atoms. The van der Waals surface area contributed by atoms with Crippen molar-refractivity contribution in [1.82, 2.24) is 0 Å². The largest absolute Gasteiger partial charge is 0.507 e. The van der Waals surface area contributed by atoms with Crippen LogP contribution in [0.2, 0.25) is 0 Å². The van der Waals surface area contributed by atoms with Crippen LogP contribution in [0.5, 0.6) is 17.2 Å². The van der Waals surface area contributed by atoms with E-state index in [0.717, 1.165) is 12.8 Å². The van der Waals surface area contributed by atoms with Crippen molar-refractivity contribution in [2.45, 2.75) is 59.5 Å². The number of aromatic hydroxyl groups is 2. The van der Waals surface area contributed by atoms with E-state index < -0.39 is 5.60 Å². The van der Waals surface area contributed by atoms with Crippen LogP contribution in [0.4, 0.5) is 0 Å². The van der Waals surface area contributed by atoms with Gasteiger partial charge in [-0.2, -0.15) is 0 Å². The predicted octanol–water partition coefficient (Wildman–Crippen LogP) is 5.24. The number of ketones is 1. The Hall–Kier alpha value is -2.23. The summed E-state index contributed by atoms with van der Waals surface area (Å²) in [5.74, 6) is -0.437. The van der Waals surface area contributed by atoms with Gasteiger partial charge in [-0.1, -0.05) is 25.5 Å². The van der Waals surface area contributed by atoms with E-state index in [4.69, 9.17) is 4.74 Å². The molecule has 0 saturated heterocycles. The van der Waals surface area contributed by atoms with Crippen molar-refractivity contribution < 1.29 is 19.7 Å². The van der Waals surface area contributed by atoms with Gasteiger partial charge in [0.05, 0.1) is 5.56 Å². The maximum Gasteiger partial charge on any atom is 0.173 e. The number of rotatable bonds is 6. The summed E-state index contributed by atoms with van der Waals surface area (Å²) in [6.45, 7) is 9.80. The summed E-state index contributed by atoms with van der Waals surface area (Å²) in [5.41, 5.74) is 1.26. The second kappa shape index (κ2) is 7.34. The van der Waals surface area contributed by atoms with Crippen molar-refractivity contribution in [3.63, 3.8) is 0 Å². The van der Waals surface area contributed by atoms with Crippen molar-refractivity contribution in [3.8, 4) is 17.2 Å². The van der Waals surface area contributed by atoms with Crippen LogP contribution in [0.3, 0.4) is 0 Å². The highest BCUT2D eigenvalue weighted by Gasteiger charge is 2.34. The molecule has 0 aromatic heterocycles. The standard InChI is InChI=1S/C21H28O4/c1-6-14(4)19(24)18-17(23)12-16(22)15-9-11-21(5,25-20(15)18)10-7-8-13(2)3/h8-9,11-12,14,22-23H,6-7,10H2,1-5H3/t14-,21+/m0/s1. The second-order valence-electron chi connectivity index (χ2n) is 7.27. The van der Waals surface area contributed by atoms with E-state index in [1.165, 1.54) is 11.6 Å². The smallest absolute Gasteiger partial charge is 0.173 e. The Morgan fingerprint density at radius 1 is 1.32 bits per heavy atom. The number of hydrogen-bond acceptors (Lipinski definition) is 4. The van der Waals surface area contributed by atoms with Crippen molar-refractivity contribution >= 4 is 11.9 Å². The summed E-state index contributed by atoms with van der Waals surface area (Å²) in [7, 11) is 0. The SMILES string of the molecule is CC[C@H](C)C(=O)c1c(O)cc(O)c2c1O[C@](C)(CCC=C(C)C)C=C2. The maximum absolute atomic E-state index is 12.7. The van der Waals surface area contributed by atoms with Gasteiger partial charge in [0, 0.05) is 12.0 Å². The van der Waals surface area contributed by atoms with Gasteiger partial charge in [0.25, 0.3) is 0 Å². The van der Waals surface area contributed by atoms with Gasteiger partial charge in [-0.05, 0) is 52.2 Å². The number of allylic oxidation sites excluding steroid dienone is 2. The Morgan fingerprint density at radius 3 is 2.60 bits per heavy atom. The molecule has 4 nitrogen and oxygen atoms in total. The number of carbonyl (C=O) groups is 1. The zero-order chi connectivity index (χ0) is 18.8. The van der Waals surface area contributed by atoms with E-state index in [9.17, 15) is 15.0 Å². The first-order chi connectivity index (χ1) is 11.7. The minimum absolute atomic E-state index is 0.0872. The number of Topliss-reactive ketones (excluding diaryl/α,β-unsaturated/α-hetero) is 1. The van der Waals surface area contributed by atoms with Crippen molar-refractivity contribution in [2.75, 3.05) is 0 Å². The van der Waals surface area contributed by atoms with E-state index in [0.29, 0.717) is 12.0 Å². The molecule has 0 radical (unpaired) electrons. The van der Waals surface area contributed by atoms with Crippen molar-refractivity contribution in [3.05, 3.63) is 34.9 Å². The van der Waals surface area contributed by atoms with Gasteiger partial charge < -0.3 is 14.9 Å². The van der Waals surface area contributed by atoms with E-state index in [1.54, 1.807) is 6.08 Å². The molecular weight excluding hydrogens is 316 g/mol. The lowest BCUT2D eigenvalue weighted by Gasteiger charge is -2.33. The molecule has 1 aliphatic heterocycles. The summed E-state index contributed by atoms with van der Waals surface area (Å²) in [5, 5.41) is 20.4. The van der Waals surface area contributed by atoms with Crippen LogP contribution in [0.1, 0.15) is 69.8 Å². The maximum atomic E-state index is 12.7. The fourth-order valence-corrected chi connectivity index (χ4v) is 2.89. The van der Waals surface area contributed by atoms with E-state index in [2.05, 4.69) is 6.08 Å². The van der Waals surface area contributed by atoms with Crippen LogP contribution in [-0.4, -0.2) is 21.6 Å². The first-order valence-corrected chi connectivity index (χ1v) is 8.83. The lowest BCUT2D eigenvalue weighted by Crippen LogP contribution is -2.33. The normalized spacial score (nSPS) is 19.7. The molecule has 25 heavy (non-hydrogen) atoms. The third-order valence-electron chi connectivity index (χ3n) is 4.71. The first kappa shape index (κ1) is 19.1. The van der Waals surface area contributed by atoms with Gasteiger partial charge in [0.15, 0.2) is 5.78 Å². The summed E-state index contributed by atoms with van der Waals surface area (Å²) >= 11 is 0. The van der Waals surface area contributed by atoms with Gasteiger partial charge in [-0.3, -0.25) is 4.79 Å². The molecule has 4 heteroatoms. The third kappa shape index (κ3) is 4.06. The quantitative estimate of drug-likeness (QED) is 0.547. The van der Waals surface area contributed by atoms with Crippen LogP contribution in [0.15, 0.2) is 23.8 Å². The Morgan fingerprint density at radius 2 is 2.00 bits per heavy atom. The van der Waals surface area contributed by atoms with Gasteiger partial charge in [-0.15, -0.1) is 0 Å². The molecule has 1 aromatic rings. The molecule has 0 amide bonds. The Bertz CT molecular complexity index is 726. The fourth-order valence-electron chi connectivity index (χ4n) is 2.89. The lowest BCUT2D eigenvalue weighted by molar-refractivity contribution is 0.0901. The average Bonchev–Trinajstić information content (AvgIpc) is 2.52. The molecule has 0 spiro atoms. The zero-order valence-corrected chi connectivity index (χ0v) is 15.7. The highest BCUT2D eigenvalue weighted by atomic mass is 16.5. The van der Waals surface area contributed by atoms with Crippen molar-refractivity contribution in [1.29, 1.82) is 0 Å². The minimum atomic E-state index is -0.594. The highest BCUT2D eigenvalue weighted by Crippen LogP contribution is 2.45. The number of phenolic OH excluding ortho intramolecular Hbond substituents is 2. The Kier molecular flexibility index (Phi) is 5.61. The number of phenols is 2. The number of carbonyl (C=O) groups excluding carboxylic acids is 1. The Labute approximate surface area is 149 Å². The van der Waals surface area contributed by atoms with Gasteiger partial charge >= 0.3 is 0 Å². The van der Waals surface area contributed by atoms with Gasteiger partial charge in [0.1, 0.15) is 28.4 Å². The molecule has 136 valence electrons. The highest BCUT2D eigenvalue weighted by molar-refractivity contribution is 6.04. The minimum Gasteiger partial charge on any atom is -0.507 e. The Balaban J connectivity index is 2.45. The van der Waals surface area contributed by atoms with Crippen LogP contribution in [0.25, 0.3) is 6.08 Å². The summed E-state index contributed by atoms with van der Waals surface area (Å²) in [6.07, 6.45) is 8.08. The van der Waals surface area contributed by atoms with E-state index in [-0.39, 0.29) is 34.5 Å². The van der Waals surface area contributed by atoms with Crippen LogP contribution >= 0.6 is 0 Å². The number of fused-ring (bicyclic) bond motifs is 1. The summed E-state index contributed by atoms with van der Waals surface area (Å²) < 4.78 is 6.15.